The van der Waals surface area contributed by atoms with Gasteiger partial charge in [-0.25, -0.2) is 13.2 Å². The minimum Gasteiger partial charge on any atom is -0.207 e. The third-order valence-corrected chi connectivity index (χ3v) is 5.63. The van der Waals surface area contributed by atoms with E-state index >= 15 is 0 Å². The van der Waals surface area contributed by atoms with Crippen molar-refractivity contribution in [3.8, 4) is 0 Å². The van der Waals surface area contributed by atoms with Crippen molar-refractivity contribution in [1.82, 2.24) is 0 Å². The molecular weight excluding hydrogens is 378 g/mol. The monoisotopic (exact) mass is 400 g/mol. The first-order valence-electron chi connectivity index (χ1n) is 9.48. The third kappa shape index (κ3) is 4.70. The number of hydrogen-bond acceptors (Lipinski definition) is 0. The van der Waals surface area contributed by atoms with Crippen molar-refractivity contribution in [2.75, 3.05) is 0 Å². The maximum absolute atomic E-state index is 14.5. The normalized spacial score (nSPS) is 20.4. The number of hydrogen-bond donors (Lipinski definition) is 0. The van der Waals surface area contributed by atoms with E-state index in [0.717, 1.165) is 31.2 Å². The van der Waals surface area contributed by atoms with Gasteiger partial charge in [0.2, 0.25) is 0 Å². The molecule has 0 saturated heterocycles. The lowest BCUT2D eigenvalue weighted by atomic mass is 9.79. The summed E-state index contributed by atoms with van der Waals surface area (Å²) >= 11 is 0. The van der Waals surface area contributed by atoms with Crippen LogP contribution in [0.15, 0.2) is 30.3 Å². The molecule has 2 aromatic carbocycles. The van der Waals surface area contributed by atoms with Crippen LogP contribution in [0.4, 0.5) is 26.3 Å². The fraction of sp³-hybridized carbons (Fsp3) is 0.455. The van der Waals surface area contributed by atoms with Crippen molar-refractivity contribution < 1.29 is 26.3 Å². The van der Waals surface area contributed by atoms with Crippen LogP contribution in [0.2, 0.25) is 0 Å². The predicted molar refractivity (Wildman–Crippen MR) is 95.5 cm³/mol. The van der Waals surface area contributed by atoms with E-state index in [1.165, 1.54) is 6.07 Å². The molecule has 1 saturated carbocycles. The summed E-state index contributed by atoms with van der Waals surface area (Å²) < 4.78 is 79.7. The number of rotatable bonds is 4. The molecule has 0 bridgehead atoms. The average Bonchev–Trinajstić information content (AvgIpc) is 2.59. The number of aryl methyl sites for hydroxylation is 2. The zero-order valence-corrected chi connectivity index (χ0v) is 15.6. The Balaban J connectivity index is 1.70. The van der Waals surface area contributed by atoms with Gasteiger partial charge in [-0.05, 0) is 72.4 Å². The van der Waals surface area contributed by atoms with E-state index < -0.39 is 23.4 Å². The standard InChI is InChI=1S/C22H22F6/c1-13-2-5-15(6-3-13)17-9-8-16(18(23)12-17)7-4-14-10-19(24)21(20(25)11-14)22(26,27)28/h8-13,15H,2-7H2,1H3. The summed E-state index contributed by atoms with van der Waals surface area (Å²) in [5.74, 6) is -2.64. The molecule has 0 unspecified atom stereocenters. The van der Waals surface area contributed by atoms with E-state index in [1.54, 1.807) is 6.07 Å². The molecule has 1 aliphatic rings. The highest BCUT2D eigenvalue weighted by atomic mass is 19.4. The summed E-state index contributed by atoms with van der Waals surface area (Å²) in [5.41, 5.74) is -0.491. The second kappa shape index (κ2) is 8.18. The minimum absolute atomic E-state index is 0.0448. The molecule has 1 aliphatic carbocycles. The summed E-state index contributed by atoms with van der Waals surface area (Å²) in [6.45, 7) is 2.22. The quantitative estimate of drug-likeness (QED) is 0.476. The van der Waals surface area contributed by atoms with Gasteiger partial charge < -0.3 is 0 Å². The second-order valence-electron chi connectivity index (χ2n) is 7.74. The molecule has 28 heavy (non-hydrogen) atoms. The van der Waals surface area contributed by atoms with Gasteiger partial charge in [-0.1, -0.05) is 31.9 Å². The SMILES string of the molecule is CC1CCC(c2ccc(CCc3cc(F)c(C(F)(F)F)c(F)c3)c(F)c2)CC1. The van der Waals surface area contributed by atoms with E-state index in [0.29, 0.717) is 29.5 Å². The van der Waals surface area contributed by atoms with Crippen molar-refractivity contribution >= 4 is 0 Å². The van der Waals surface area contributed by atoms with Gasteiger partial charge in [-0.2, -0.15) is 13.2 Å². The maximum Gasteiger partial charge on any atom is 0.422 e. The van der Waals surface area contributed by atoms with Gasteiger partial charge in [0.1, 0.15) is 23.0 Å². The Morgan fingerprint density at radius 1 is 0.821 bits per heavy atom. The van der Waals surface area contributed by atoms with Gasteiger partial charge in [0.05, 0.1) is 0 Å². The Hall–Kier alpha value is -1.98. The largest absolute Gasteiger partial charge is 0.422 e. The van der Waals surface area contributed by atoms with Gasteiger partial charge >= 0.3 is 6.18 Å². The van der Waals surface area contributed by atoms with E-state index in [2.05, 4.69) is 6.92 Å². The van der Waals surface area contributed by atoms with Crippen molar-refractivity contribution in [3.05, 3.63) is 70.0 Å². The number of halogens is 6. The van der Waals surface area contributed by atoms with Crippen LogP contribution in [0.1, 0.15) is 60.8 Å². The molecule has 0 radical (unpaired) electrons. The van der Waals surface area contributed by atoms with Crippen LogP contribution < -0.4 is 0 Å². The van der Waals surface area contributed by atoms with E-state index in [4.69, 9.17) is 0 Å². The van der Waals surface area contributed by atoms with Crippen LogP contribution in [0, 0.1) is 23.4 Å². The summed E-state index contributed by atoms with van der Waals surface area (Å²) in [7, 11) is 0. The smallest absolute Gasteiger partial charge is 0.207 e. The molecule has 0 nitrogen and oxygen atoms in total. The molecule has 0 N–H and O–H groups in total. The molecule has 0 spiro atoms. The minimum atomic E-state index is -5.09. The first-order valence-corrected chi connectivity index (χ1v) is 9.48. The predicted octanol–water partition coefficient (Wildman–Crippen LogP) is 7.20. The molecule has 3 rings (SSSR count). The lowest BCUT2D eigenvalue weighted by Gasteiger charge is -2.26. The zero-order valence-electron chi connectivity index (χ0n) is 15.6. The first kappa shape index (κ1) is 20.7. The van der Waals surface area contributed by atoms with Crippen LogP contribution in [0.25, 0.3) is 0 Å². The number of benzene rings is 2. The van der Waals surface area contributed by atoms with Gasteiger partial charge in [0.15, 0.2) is 0 Å². The van der Waals surface area contributed by atoms with Crippen LogP contribution in [0.5, 0.6) is 0 Å². The van der Waals surface area contributed by atoms with Gasteiger partial charge in [-0.3, -0.25) is 0 Å². The van der Waals surface area contributed by atoms with Crippen molar-refractivity contribution in [3.63, 3.8) is 0 Å². The Labute approximate surface area is 160 Å². The van der Waals surface area contributed by atoms with Crippen molar-refractivity contribution in [2.24, 2.45) is 5.92 Å². The highest BCUT2D eigenvalue weighted by molar-refractivity contribution is 5.31. The van der Waals surface area contributed by atoms with Crippen molar-refractivity contribution in [2.45, 2.75) is 57.5 Å². The van der Waals surface area contributed by atoms with Crippen LogP contribution in [-0.2, 0) is 19.0 Å². The molecule has 0 atom stereocenters. The average molecular weight is 400 g/mol. The Morgan fingerprint density at radius 2 is 1.43 bits per heavy atom. The molecular formula is C22H22F6. The van der Waals surface area contributed by atoms with Crippen molar-refractivity contribution in [1.29, 1.82) is 0 Å². The van der Waals surface area contributed by atoms with E-state index in [9.17, 15) is 26.3 Å². The highest BCUT2D eigenvalue weighted by Crippen LogP contribution is 2.36. The van der Waals surface area contributed by atoms with Gasteiger partial charge in [0, 0.05) is 0 Å². The summed E-state index contributed by atoms with van der Waals surface area (Å²) in [6.07, 6.45) is -0.584. The van der Waals surface area contributed by atoms with Crippen LogP contribution >= 0.6 is 0 Å². The maximum atomic E-state index is 14.5. The summed E-state index contributed by atoms with van der Waals surface area (Å²) in [5, 5.41) is 0. The molecule has 0 heterocycles. The molecule has 2 aromatic rings. The lowest BCUT2D eigenvalue weighted by molar-refractivity contribution is -0.142. The zero-order chi connectivity index (χ0) is 20.5. The fourth-order valence-electron chi connectivity index (χ4n) is 3.93. The van der Waals surface area contributed by atoms with Gasteiger partial charge in [0.25, 0.3) is 0 Å². The molecule has 1 fully saturated rings. The molecule has 0 aliphatic heterocycles. The first-order chi connectivity index (χ1) is 13.1. The Kier molecular flexibility index (Phi) is 6.06. The Morgan fingerprint density at radius 3 is 1.96 bits per heavy atom. The van der Waals surface area contributed by atoms with E-state index in [-0.39, 0.29) is 24.2 Å². The third-order valence-electron chi connectivity index (χ3n) is 5.63. The highest BCUT2D eigenvalue weighted by Gasteiger charge is 2.37. The Bertz CT molecular complexity index is 808. The second-order valence-corrected chi connectivity index (χ2v) is 7.74. The molecule has 0 aromatic heterocycles. The van der Waals surface area contributed by atoms with E-state index in [1.807, 2.05) is 6.07 Å². The molecule has 6 heteroatoms. The lowest BCUT2D eigenvalue weighted by Crippen LogP contribution is -2.12. The molecule has 0 amide bonds. The summed E-state index contributed by atoms with van der Waals surface area (Å²) in [6, 6.07) is 6.40. The topological polar surface area (TPSA) is 0 Å². The van der Waals surface area contributed by atoms with Crippen LogP contribution in [-0.4, -0.2) is 0 Å². The molecule has 152 valence electrons. The van der Waals surface area contributed by atoms with Crippen LogP contribution in [0.3, 0.4) is 0 Å². The number of alkyl halides is 3. The fourth-order valence-corrected chi connectivity index (χ4v) is 3.93. The van der Waals surface area contributed by atoms with Gasteiger partial charge in [-0.15, -0.1) is 0 Å². The summed E-state index contributed by atoms with van der Waals surface area (Å²) in [4.78, 5) is 0.